The highest BCUT2D eigenvalue weighted by Crippen LogP contribution is 2.32. The van der Waals surface area contributed by atoms with Crippen LogP contribution in [0.15, 0.2) is 46.2 Å². The van der Waals surface area contributed by atoms with Gasteiger partial charge in [-0.15, -0.1) is 0 Å². The molecule has 0 bridgehead atoms. The van der Waals surface area contributed by atoms with Gasteiger partial charge < -0.3 is 5.32 Å². The Hall–Kier alpha value is -1.25. The molecular formula is C19H25NS. The molecule has 112 valence electrons. The van der Waals surface area contributed by atoms with Gasteiger partial charge in [-0.3, -0.25) is 0 Å². The Balaban J connectivity index is 2.11. The van der Waals surface area contributed by atoms with Crippen LogP contribution in [-0.4, -0.2) is 6.54 Å². The molecule has 2 aromatic rings. The molecule has 0 aromatic heterocycles. The normalized spacial score (nSPS) is 10.9. The molecular weight excluding hydrogens is 274 g/mol. The third-order valence-corrected chi connectivity index (χ3v) is 4.78. The Bertz CT molecular complexity index is 605. The second kappa shape index (κ2) is 7.67. The fraction of sp³-hybridized carbons (Fsp3) is 0.368. The summed E-state index contributed by atoms with van der Waals surface area (Å²) in [6.07, 6.45) is 1.18. The van der Waals surface area contributed by atoms with Crippen LogP contribution in [0, 0.1) is 20.8 Å². The van der Waals surface area contributed by atoms with Crippen molar-refractivity contribution >= 4 is 11.8 Å². The smallest absolute Gasteiger partial charge is 0.0208 e. The van der Waals surface area contributed by atoms with E-state index in [4.69, 9.17) is 0 Å². The standard InChI is InChI=1S/C19H25NS/c1-5-10-20-13-17-8-9-18(12-16(17)4)21-19-11-14(2)6-7-15(19)3/h6-9,11-12,20H,5,10,13H2,1-4H3. The third-order valence-electron chi connectivity index (χ3n) is 3.63. The van der Waals surface area contributed by atoms with Gasteiger partial charge in [-0.2, -0.15) is 0 Å². The molecule has 0 radical (unpaired) electrons. The summed E-state index contributed by atoms with van der Waals surface area (Å²) in [5, 5.41) is 3.47. The molecule has 1 N–H and O–H groups in total. The molecule has 0 saturated heterocycles. The maximum atomic E-state index is 3.47. The molecule has 0 unspecified atom stereocenters. The first-order valence-electron chi connectivity index (χ1n) is 7.65. The highest BCUT2D eigenvalue weighted by molar-refractivity contribution is 7.99. The highest BCUT2D eigenvalue weighted by Gasteiger charge is 2.04. The van der Waals surface area contributed by atoms with Crippen LogP contribution >= 0.6 is 11.8 Å². The van der Waals surface area contributed by atoms with Crippen LogP contribution in [0.5, 0.6) is 0 Å². The number of nitrogens with one attached hydrogen (secondary N) is 1. The molecule has 2 aromatic carbocycles. The number of benzene rings is 2. The molecule has 0 spiro atoms. The van der Waals surface area contributed by atoms with Gasteiger partial charge in [0, 0.05) is 16.3 Å². The van der Waals surface area contributed by atoms with Crippen LogP contribution < -0.4 is 5.32 Å². The van der Waals surface area contributed by atoms with Gasteiger partial charge in [0.05, 0.1) is 0 Å². The molecule has 0 fully saturated rings. The summed E-state index contributed by atoms with van der Waals surface area (Å²) < 4.78 is 0. The van der Waals surface area contributed by atoms with Gasteiger partial charge in [-0.25, -0.2) is 0 Å². The van der Waals surface area contributed by atoms with Gasteiger partial charge in [0.1, 0.15) is 0 Å². The van der Waals surface area contributed by atoms with Crippen molar-refractivity contribution in [3.8, 4) is 0 Å². The van der Waals surface area contributed by atoms with E-state index in [0.29, 0.717) is 0 Å². The minimum Gasteiger partial charge on any atom is -0.313 e. The van der Waals surface area contributed by atoms with E-state index < -0.39 is 0 Å². The lowest BCUT2D eigenvalue weighted by Crippen LogP contribution is -2.14. The molecule has 0 amide bonds. The molecule has 2 rings (SSSR count). The Kier molecular flexibility index (Phi) is 5.89. The van der Waals surface area contributed by atoms with Crippen molar-refractivity contribution in [2.75, 3.05) is 6.54 Å². The van der Waals surface area contributed by atoms with Gasteiger partial charge in [0.25, 0.3) is 0 Å². The molecule has 0 aliphatic carbocycles. The molecule has 0 saturated carbocycles. The van der Waals surface area contributed by atoms with Crippen molar-refractivity contribution in [1.82, 2.24) is 5.32 Å². The average Bonchev–Trinajstić information content (AvgIpc) is 2.45. The zero-order chi connectivity index (χ0) is 15.2. The van der Waals surface area contributed by atoms with Crippen molar-refractivity contribution in [2.45, 2.75) is 50.5 Å². The lowest BCUT2D eigenvalue weighted by Gasteiger charge is -2.11. The van der Waals surface area contributed by atoms with Crippen molar-refractivity contribution in [3.63, 3.8) is 0 Å². The summed E-state index contributed by atoms with van der Waals surface area (Å²) in [5.41, 5.74) is 5.43. The van der Waals surface area contributed by atoms with E-state index in [1.54, 1.807) is 0 Å². The van der Waals surface area contributed by atoms with E-state index in [1.807, 2.05) is 11.8 Å². The van der Waals surface area contributed by atoms with Gasteiger partial charge >= 0.3 is 0 Å². The molecule has 1 nitrogen and oxygen atoms in total. The second-order valence-electron chi connectivity index (χ2n) is 5.64. The van der Waals surface area contributed by atoms with Crippen LogP contribution in [0.3, 0.4) is 0 Å². The molecule has 21 heavy (non-hydrogen) atoms. The highest BCUT2D eigenvalue weighted by atomic mass is 32.2. The average molecular weight is 299 g/mol. The maximum absolute atomic E-state index is 3.47. The summed E-state index contributed by atoms with van der Waals surface area (Å²) in [5.74, 6) is 0. The Labute approximate surface area is 133 Å². The fourth-order valence-electron chi connectivity index (χ4n) is 2.27. The predicted octanol–water partition coefficient (Wildman–Crippen LogP) is 5.26. The van der Waals surface area contributed by atoms with E-state index in [-0.39, 0.29) is 0 Å². The minimum atomic E-state index is 0.966. The SMILES string of the molecule is CCCNCc1ccc(Sc2cc(C)ccc2C)cc1C. The first kappa shape index (κ1) is 16.1. The Morgan fingerprint density at radius 2 is 1.76 bits per heavy atom. The van der Waals surface area contributed by atoms with E-state index >= 15 is 0 Å². The fourth-order valence-corrected chi connectivity index (χ4v) is 3.37. The predicted molar refractivity (Wildman–Crippen MR) is 93.2 cm³/mol. The third kappa shape index (κ3) is 4.62. The van der Waals surface area contributed by atoms with Crippen molar-refractivity contribution in [2.24, 2.45) is 0 Å². The van der Waals surface area contributed by atoms with Crippen LogP contribution in [0.2, 0.25) is 0 Å². The summed E-state index contributed by atoms with van der Waals surface area (Å²) in [4.78, 5) is 2.67. The summed E-state index contributed by atoms with van der Waals surface area (Å²) in [6, 6.07) is 13.4. The van der Waals surface area contributed by atoms with Gasteiger partial charge in [-0.1, -0.05) is 36.9 Å². The van der Waals surface area contributed by atoms with Gasteiger partial charge in [-0.05, 0) is 74.2 Å². The zero-order valence-corrected chi connectivity index (χ0v) is 14.3. The van der Waals surface area contributed by atoms with Crippen LogP contribution in [0.4, 0.5) is 0 Å². The number of hydrogen-bond donors (Lipinski definition) is 1. The quantitative estimate of drug-likeness (QED) is 0.730. The maximum Gasteiger partial charge on any atom is 0.0208 e. The van der Waals surface area contributed by atoms with E-state index in [0.717, 1.165) is 13.1 Å². The Morgan fingerprint density at radius 1 is 0.952 bits per heavy atom. The summed E-state index contributed by atoms with van der Waals surface area (Å²) in [6.45, 7) is 10.8. The van der Waals surface area contributed by atoms with Crippen molar-refractivity contribution < 1.29 is 0 Å². The number of hydrogen-bond acceptors (Lipinski definition) is 2. The molecule has 0 aliphatic rings. The lowest BCUT2D eigenvalue weighted by molar-refractivity contribution is 0.673. The molecule has 0 atom stereocenters. The minimum absolute atomic E-state index is 0.966. The van der Waals surface area contributed by atoms with Crippen LogP contribution in [-0.2, 0) is 6.54 Å². The Morgan fingerprint density at radius 3 is 2.48 bits per heavy atom. The van der Waals surface area contributed by atoms with Crippen LogP contribution in [0.25, 0.3) is 0 Å². The molecule has 2 heteroatoms. The first-order valence-corrected chi connectivity index (χ1v) is 8.47. The summed E-state index contributed by atoms with van der Waals surface area (Å²) in [7, 11) is 0. The largest absolute Gasteiger partial charge is 0.313 e. The zero-order valence-electron chi connectivity index (χ0n) is 13.5. The first-order chi connectivity index (χ1) is 10.1. The van der Waals surface area contributed by atoms with E-state index in [2.05, 4.69) is 69.4 Å². The van der Waals surface area contributed by atoms with Crippen LogP contribution in [0.1, 0.15) is 35.6 Å². The summed E-state index contributed by atoms with van der Waals surface area (Å²) >= 11 is 1.86. The van der Waals surface area contributed by atoms with E-state index in [9.17, 15) is 0 Å². The monoisotopic (exact) mass is 299 g/mol. The van der Waals surface area contributed by atoms with Crippen molar-refractivity contribution in [1.29, 1.82) is 0 Å². The van der Waals surface area contributed by atoms with Gasteiger partial charge in [0.15, 0.2) is 0 Å². The van der Waals surface area contributed by atoms with E-state index in [1.165, 1.54) is 38.5 Å². The number of aryl methyl sites for hydroxylation is 3. The lowest BCUT2D eigenvalue weighted by atomic mass is 10.1. The van der Waals surface area contributed by atoms with Crippen molar-refractivity contribution in [3.05, 3.63) is 58.7 Å². The molecule has 0 aliphatic heterocycles. The topological polar surface area (TPSA) is 12.0 Å². The second-order valence-corrected chi connectivity index (χ2v) is 6.75. The number of rotatable bonds is 6. The van der Waals surface area contributed by atoms with Gasteiger partial charge in [0.2, 0.25) is 0 Å². The molecule has 0 heterocycles.